The molecule has 0 rings (SSSR count). The highest BCUT2D eigenvalue weighted by Gasteiger charge is 2.24. The molecule has 0 bridgehead atoms. The Morgan fingerprint density at radius 1 is 0.492 bits per heavy atom. The van der Waals surface area contributed by atoms with E-state index in [2.05, 4.69) is 74.7 Å². The van der Waals surface area contributed by atoms with Crippen molar-refractivity contribution in [3.05, 3.63) is 48.6 Å². The lowest BCUT2D eigenvalue weighted by molar-refractivity contribution is -0.151. The van der Waals surface area contributed by atoms with E-state index in [-0.39, 0.29) is 24.9 Å². The van der Waals surface area contributed by atoms with Gasteiger partial charge in [0.05, 0.1) is 25.2 Å². The molecule has 0 aromatic carbocycles. The Bertz CT molecular complexity index is 1020. The maximum Gasteiger partial charge on any atom is 0.306 e. The SMILES string of the molecule is CCCCC/C=C\C/C=C\C/C=C\CCCCCCC(=O)OC(CCCCC/C=C\CCCCC)CC(=O)NC(CO)C(O)CCCCCCCCCCCCCCC. The van der Waals surface area contributed by atoms with Gasteiger partial charge in [0.1, 0.15) is 6.10 Å². The van der Waals surface area contributed by atoms with Crippen LogP contribution in [0.3, 0.4) is 0 Å². The first-order chi connectivity index (χ1) is 29.0. The average Bonchev–Trinajstić information content (AvgIpc) is 3.23. The van der Waals surface area contributed by atoms with Crippen molar-refractivity contribution in [2.75, 3.05) is 6.61 Å². The molecule has 6 nitrogen and oxygen atoms in total. The van der Waals surface area contributed by atoms with Crippen LogP contribution >= 0.6 is 0 Å². The van der Waals surface area contributed by atoms with Crippen molar-refractivity contribution < 1.29 is 24.5 Å². The molecule has 6 heteroatoms. The zero-order chi connectivity index (χ0) is 43.1. The first-order valence-electron chi connectivity index (χ1n) is 25.4. The normalized spacial score (nSPS) is 13.6. The van der Waals surface area contributed by atoms with E-state index < -0.39 is 18.2 Å². The van der Waals surface area contributed by atoms with Crippen LogP contribution in [0.4, 0.5) is 0 Å². The lowest BCUT2D eigenvalue weighted by atomic mass is 10.0. The van der Waals surface area contributed by atoms with Crippen molar-refractivity contribution >= 4 is 11.9 Å². The minimum absolute atomic E-state index is 0.0578. The smallest absolute Gasteiger partial charge is 0.306 e. The van der Waals surface area contributed by atoms with Crippen molar-refractivity contribution in [2.24, 2.45) is 0 Å². The highest BCUT2D eigenvalue weighted by Crippen LogP contribution is 2.17. The molecule has 3 N–H and O–H groups in total. The van der Waals surface area contributed by atoms with Gasteiger partial charge in [0.2, 0.25) is 5.91 Å². The third kappa shape index (κ3) is 42.3. The summed E-state index contributed by atoms with van der Waals surface area (Å²) in [7, 11) is 0. The number of hydrogen-bond donors (Lipinski definition) is 3. The molecule has 0 heterocycles. The molecule has 0 saturated carbocycles. The minimum atomic E-state index is -0.794. The third-order valence-corrected chi connectivity index (χ3v) is 11.4. The Labute approximate surface area is 366 Å². The summed E-state index contributed by atoms with van der Waals surface area (Å²) in [4.78, 5) is 26.1. The molecule has 0 saturated heterocycles. The molecule has 3 unspecified atom stereocenters. The monoisotopic (exact) mass is 828 g/mol. The van der Waals surface area contributed by atoms with Gasteiger partial charge in [-0.15, -0.1) is 0 Å². The molecule has 0 aliphatic heterocycles. The Balaban J connectivity index is 4.55. The average molecular weight is 828 g/mol. The number of rotatable bonds is 45. The fourth-order valence-electron chi connectivity index (χ4n) is 7.49. The molecule has 344 valence electrons. The maximum atomic E-state index is 13.2. The lowest BCUT2D eigenvalue weighted by Gasteiger charge is -2.24. The van der Waals surface area contributed by atoms with Crippen molar-refractivity contribution in [3.8, 4) is 0 Å². The van der Waals surface area contributed by atoms with Crippen LogP contribution in [0.1, 0.15) is 252 Å². The van der Waals surface area contributed by atoms with Crippen LogP contribution in [-0.4, -0.2) is 46.9 Å². The lowest BCUT2D eigenvalue weighted by Crippen LogP contribution is -2.46. The van der Waals surface area contributed by atoms with Crippen molar-refractivity contribution in [2.45, 2.75) is 270 Å². The van der Waals surface area contributed by atoms with Gasteiger partial charge in [0.15, 0.2) is 0 Å². The summed E-state index contributed by atoms with van der Waals surface area (Å²) in [6.07, 6.45) is 56.0. The molecule has 0 aliphatic carbocycles. The highest BCUT2D eigenvalue weighted by molar-refractivity contribution is 5.77. The predicted molar refractivity (Wildman–Crippen MR) is 255 cm³/mol. The fraction of sp³-hybridized carbons (Fsp3) is 0.811. The summed E-state index contributed by atoms with van der Waals surface area (Å²) in [5.41, 5.74) is 0. The number of hydrogen-bond acceptors (Lipinski definition) is 5. The van der Waals surface area contributed by atoms with E-state index in [1.807, 2.05) is 0 Å². The van der Waals surface area contributed by atoms with E-state index in [9.17, 15) is 19.8 Å². The number of unbranched alkanes of at least 4 members (excludes halogenated alkanes) is 25. The van der Waals surface area contributed by atoms with Crippen molar-refractivity contribution in [1.29, 1.82) is 0 Å². The molecule has 0 spiro atoms. The van der Waals surface area contributed by atoms with Crippen LogP contribution in [0, 0.1) is 0 Å². The summed E-state index contributed by atoms with van der Waals surface area (Å²) in [6.45, 7) is 6.42. The summed E-state index contributed by atoms with van der Waals surface area (Å²) in [5, 5.41) is 23.7. The van der Waals surface area contributed by atoms with E-state index in [4.69, 9.17) is 4.74 Å². The van der Waals surface area contributed by atoms with Gasteiger partial charge in [-0.3, -0.25) is 9.59 Å². The second kappa shape index (κ2) is 46.9. The Kier molecular flexibility index (Phi) is 45.1. The van der Waals surface area contributed by atoms with Crippen LogP contribution in [0.25, 0.3) is 0 Å². The molecular weight excluding hydrogens is 731 g/mol. The Morgan fingerprint density at radius 3 is 1.37 bits per heavy atom. The van der Waals surface area contributed by atoms with Crippen molar-refractivity contribution in [3.63, 3.8) is 0 Å². The van der Waals surface area contributed by atoms with Gasteiger partial charge in [-0.05, 0) is 89.9 Å². The largest absolute Gasteiger partial charge is 0.462 e. The van der Waals surface area contributed by atoms with Gasteiger partial charge in [0, 0.05) is 6.42 Å². The number of ether oxygens (including phenoxy) is 1. The number of aliphatic hydroxyl groups is 2. The Hall–Kier alpha value is -2.18. The molecular formula is C53H97NO5. The fourth-order valence-corrected chi connectivity index (χ4v) is 7.49. The van der Waals surface area contributed by atoms with Crippen LogP contribution in [-0.2, 0) is 14.3 Å². The minimum Gasteiger partial charge on any atom is -0.462 e. The van der Waals surface area contributed by atoms with Crippen molar-refractivity contribution in [1.82, 2.24) is 5.32 Å². The van der Waals surface area contributed by atoms with Gasteiger partial charge in [0.25, 0.3) is 0 Å². The van der Waals surface area contributed by atoms with Crippen LogP contribution in [0.5, 0.6) is 0 Å². The highest BCUT2D eigenvalue weighted by atomic mass is 16.5. The molecule has 0 fully saturated rings. The second-order valence-corrected chi connectivity index (χ2v) is 17.2. The predicted octanol–water partition coefficient (Wildman–Crippen LogP) is 15.1. The first-order valence-corrected chi connectivity index (χ1v) is 25.4. The van der Waals surface area contributed by atoms with Gasteiger partial charge >= 0.3 is 5.97 Å². The van der Waals surface area contributed by atoms with Gasteiger partial charge < -0.3 is 20.3 Å². The summed E-state index contributed by atoms with van der Waals surface area (Å²) >= 11 is 0. The summed E-state index contributed by atoms with van der Waals surface area (Å²) in [5.74, 6) is -0.513. The van der Waals surface area contributed by atoms with E-state index in [0.29, 0.717) is 19.3 Å². The van der Waals surface area contributed by atoms with E-state index >= 15 is 0 Å². The quantitative estimate of drug-likeness (QED) is 0.0323. The number of aliphatic hydroxyl groups excluding tert-OH is 2. The Morgan fingerprint density at radius 2 is 0.864 bits per heavy atom. The number of allylic oxidation sites excluding steroid dienone is 8. The van der Waals surface area contributed by atoms with Gasteiger partial charge in [-0.2, -0.15) is 0 Å². The summed E-state index contributed by atoms with van der Waals surface area (Å²) in [6, 6.07) is -0.709. The molecule has 1 amide bonds. The maximum absolute atomic E-state index is 13.2. The summed E-state index contributed by atoms with van der Waals surface area (Å²) < 4.78 is 5.90. The number of carbonyl (C=O) groups excluding carboxylic acids is 2. The van der Waals surface area contributed by atoms with Gasteiger partial charge in [-0.1, -0.05) is 198 Å². The molecule has 0 aliphatic rings. The second-order valence-electron chi connectivity index (χ2n) is 17.2. The molecule has 3 atom stereocenters. The van der Waals surface area contributed by atoms with Crippen LogP contribution < -0.4 is 5.32 Å². The standard InChI is InChI=1S/C53H97NO5/c1-4-7-10-13-16-19-22-24-25-26-27-29-31-34-37-40-43-46-53(58)59-49(44-41-38-35-32-21-18-15-12-9-6-3)47-52(57)54-50(48-55)51(56)45-42-39-36-33-30-28-23-20-17-14-11-8-5-2/h16,18-19,21,24-25,27,29,49-51,55-56H,4-15,17,20,22-23,26,28,30-48H2,1-3H3,(H,54,57)/b19-16-,21-18-,25-24-,29-27-. The zero-order valence-corrected chi connectivity index (χ0v) is 39.1. The van der Waals surface area contributed by atoms with E-state index in [1.165, 1.54) is 109 Å². The number of esters is 1. The topological polar surface area (TPSA) is 95.9 Å². The molecule has 59 heavy (non-hydrogen) atoms. The van der Waals surface area contributed by atoms with Crippen LogP contribution in [0.2, 0.25) is 0 Å². The van der Waals surface area contributed by atoms with Gasteiger partial charge in [-0.25, -0.2) is 0 Å². The number of amides is 1. The van der Waals surface area contributed by atoms with E-state index in [0.717, 1.165) is 96.3 Å². The molecule has 0 radical (unpaired) electrons. The zero-order valence-electron chi connectivity index (χ0n) is 39.1. The number of carbonyl (C=O) groups is 2. The molecule has 0 aromatic rings. The first kappa shape index (κ1) is 56.8. The number of nitrogens with one attached hydrogen (secondary N) is 1. The van der Waals surface area contributed by atoms with Crippen LogP contribution in [0.15, 0.2) is 48.6 Å². The molecule has 0 aromatic heterocycles. The van der Waals surface area contributed by atoms with E-state index in [1.54, 1.807) is 0 Å². The third-order valence-electron chi connectivity index (χ3n) is 11.4.